The first-order valence-corrected chi connectivity index (χ1v) is 6.73. The summed E-state index contributed by atoms with van der Waals surface area (Å²) in [6, 6.07) is 3.74. The summed E-state index contributed by atoms with van der Waals surface area (Å²) in [5, 5.41) is 39.3. The number of nitrogens with zero attached hydrogens (tertiary/aromatic N) is 1. The van der Waals surface area contributed by atoms with Gasteiger partial charge in [0.25, 0.3) is 5.69 Å². The lowest BCUT2D eigenvalue weighted by molar-refractivity contribution is -0.385. The van der Waals surface area contributed by atoms with Gasteiger partial charge in [-0.1, -0.05) is 11.8 Å². The highest BCUT2D eigenvalue weighted by Gasteiger charge is 2.22. The fraction of sp³-hybridized carbons (Fsp3) is 0.417. The Kier molecular flexibility index (Phi) is 6.08. The number of hydrogen-bond donors (Lipinski definition) is 3. The molecule has 3 N–H and O–H groups in total. The molecule has 0 radical (unpaired) electrons. The smallest absolute Gasteiger partial charge is 0.274 e. The summed E-state index contributed by atoms with van der Waals surface area (Å²) >= 11 is 0.874. The molecule has 2 unspecified atom stereocenters. The van der Waals surface area contributed by atoms with E-state index in [-0.39, 0.29) is 27.7 Å². The molecule has 0 spiro atoms. The van der Waals surface area contributed by atoms with Crippen LogP contribution in [0.4, 0.5) is 5.69 Å². The quantitative estimate of drug-likeness (QED) is 0.524. The molecule has 1 aromatic carbocycles. The Bertz CT molecular complexity index is 507. The molecular weight excluding hydrogens is 286 g/mol. The van der Waals surface area contributed by atoms with Gasteiger partial charge in [0.1, 0.15) is 6.10 Å². The van der Waals surface area contributed by atoms with E-state index in [4.69, 9.17) is 5.11 Å². The molecule has 20 heavy (non-hydrogen) atoms. The van der Waals surface area contributed by atoms with E-state index in [9.17, 15) is 25.1 Å². The van der Waals surface area contributed by atoms with Crippen LogP contribution < -0.4 is 0 Å². The van der Waals surface area contributed by atoms with Crippen LogP contribution >= 0.6 is 11.8 Å². The van der Waals surface area contributed by atoms with Crippen LogP contribution in [0.25, 0.3) is 0 Å². The van der Waals surface area contributed by atoms with E-state index < -0.39 is 23.7 Å². The Balaban J connectivity index is 2.90. The number of rotatable bonds is 6. The van der Waals surface area contributed by atoms with Crippen molar-refractivity contribution in [1.29, 1.82) is 0 Å². The normalized spacial score (nSPS) is 13.8. The first-order valence-electron chi connectivity index (χ1n) is 5.74. The lowest BCUT2D eigenvalue weighted by atomic mass is 10.0. The molecule has 7 nitrogen and oxygen atoms in total. The molecule has 0 bridgehead atoms. The Labute approximate surface area is 119 Å². The molecule has 0 heterocycles. The van der Waals surface area contributed by atoms with E-state index in [0.717, 1.165) is 17.8 Å². The molecule has 0 fully saturated rings. The highest BCUT2D eigenvalue weighted by Crippen LogP contribution is 2.26. The van der Waals surface area contributed by atoms with Crippen molar-refractivity contribution in [3.05, 3.63) is 39.4 Å². The molecule has 1 rings (SSSR count). The van der Waals surface area contributed by atoms with Crippen molar-refractivity contribution in [2.24, 2.45) is 0 Å². The summed E-state index contributed by atoms with van der Waals surface area (Å²) in [4.78, 5) is 20.9. The Morgan fingerprint density at radius 2 is 2.10 bits per heavy atom. The third kappa shape index (κ3) is 4.27. The van der Waals surface area contributed by atoms with Crippen molar-refractivity contribution in [2.45, 2.75) is 25.7 Å². The SMILES string of the molecule is CC(=O)SCC(O)C(O)c1ccc([N+](=O)[O-])c(CO)c1. The third-order valence-electron chi connectivity index (χ3n) is 2.63. The number of nitro benzene ring substituents is 1. The maximum Gasteiger partial charge on any atom is 0.274 e. The molecule has 8 heteroatoms. The zero-order chi connectivity index (χ0) is 15.3. The number of nitro groups is 1. The van der Waals surface area contributed by atoms with Gasteiger partial charge in [-0.2, -0.15) is 0 Å². The standard InChI is InChI=1S/C12H15NO6S/c1-7(15)20-6-11(16)12(17)8-2-3-10(13(18)19)9(4-8)5-14/h2-4,11-12,14,16-17H,5-6H2,1H3. The number of carbonyl (C=O) groups excluding carboxylic acids is 1. The summed E-state index contributed by atoms with van der Waals surface area (Å²) in [5.74, 6) is 0.0158. The zero-order valence-corrected chi connectivity index (χ0v) is 11.5. The summed E-state index contributed by atoms with van der Waals surface area (Å²) in [6.07, 6.45) is -2.47. The summed E-state index contributed by atoms with van der Waals surface area (Å²) in [6.45, 7) is 0.800. The third-order valence-corrected chi connectivity index (χ3v) is 3.55. The van der Waals surface area contributed by atoms with Gasteiger partial charge < -0.3 is 15.3 Å². The van der Waals surface area contributed by atoms with Crippen LogP contribution in [0.2, 0.25) is 0 Å². The number of hydrogen-bond acceptors (Lipinski definition) is 7. The largest absolute Gasteiger partial charge is 0.391 e. The topological polar surface area (TPSA) is 121 Å². The van der Waals surface area contributed by atoms with Gasteiger partial charge in [0, 0.05) is 18.7 Å². The molecule has 1 aromatic rings. The molecule has 0 aromatic heterocycles. The molecular formula is C12H15NO6S. The van der Waals surface area contributed by atoms with Gasteiger partial charge in [-0.15, -0.1) is 0 Å². The van der Waals surface area contributed by atoms with E-state index in [1.54, 1.807) is 0 Å². The second-order valence-electron chi connectivity index (χ2n) is 4.12. The Hall–Kier alpha value is -1.48. The second-order valence-corrected chi connectivity index (χ2v) is 5.32. The Morgan fingerprint density at radius 1 is 1.45 bits per heavy atom. The molecule has 0 amide bonds. The maximum atomic E-state index is 10.8. The average Bonchev–Trinajstić information content (AvgIpc) is 2.42. The lowest BCUT2D eigenvalue weighted by Crippen LogP contribution is -2.21. The predicted octanol–water partition coefficient (Wildman–Crippen LogP) is 0.761. The van der Waals surface area contributed by atoms with Crippen molar-refractivity contribution in [3.8, 4) is 0 Å². The first-order chi connectivity index (χ1) is 9.36. The number of benzene rings is 1. The number of thioether (sulfide) groups is 1. The molecule has 0 aliphatic carbocycles. The first kappa shape index (κ1) is 16.6. The van der Waals surface area contributed by atoms with E-state index in [0.29, 0.717) is 0 Å². The highest BCUT2D eigenvalue weighted by molar-refractivity contribution is 8.13. The van der Waals surface area contributed by atoms with Crippen LogP contribution in [-0.4, -0.2) is 37.2 Å². The summed E-state index contributed by atoms with van der Waals surface area (Å²) < 4.78 is 0. The van der Waals surface area contributed by atoms with Crippen LogP contribution in [-0.2, 0) is 11.4 Å². The van der Waals surface area contributed by atoms with Gasteiger partial charge in [-0.25, -0.2) is 0 Å². The van der Waals surface area contributed by atoms with E-state index >= 15 is 0 Å². The minimum absolute atomic E-state index is 0.0158. The van der Waals surface area contributed by atoms with Crippen molar-refractivity contribution < 1.29 is 25.0 Å². The van der Waals surface area contributed by atoms with Crippen molar-refractivity contribution >= 4 is 22.6 Å². The van der Waals surface area contributed by atoms with Crippen LogP contribution in [0.15, 0.2) is 18.2 Å². The summed E-state index contributed by atoms with van der Waals surface area (Å²) in [5.41, 5.74) is 0.0466. The van der Waals surface area contributed by atoms with Crippen LogP contribution in [0.1, 0.15) is 24.2 Å². The van der Waals surface area contributed by atoms with Gasteiger partial charge >= 0.3 is 0 Å². The number of aliphatic hydroxyl groups is 3. The van der Waals surface area contributed by atoms with Gasteiger partial charge in [0.05, 0.1) is 23.2 Å². The fourth-order valence-electron chi connectivity index (χ4n) is 1.61. The van der Waals surface area contributed by atoms with Gasteiger partial charge in [0.15, 0.2) is 5.12 Å². The fourth-order valence-corrected chi connectivity index (χ4v) is 2.20. The molecule has 110 valence electrons. The predicted molar refractivity (Wildman–Crippen MR) is 73.1 cm³/mol. The van der Waals surface area contributed by atoms with Crippen molar-refractivity contribution in [2.75, 3.05) is 5.75 Å². The molecule has 0 aliphatic rings. The van der Waals surface area contributed by atoms with E-state index in [2.05, 4.69) is 0 Å². The number of carbonyl (C=O) groups is 1. The van der Waals surface area contributed by atoms with E-state index in [1.165, 1.54) is 19.1 Å². The van der Waals surface area contributed by atoms with E-state index in [1.807, 2.05) is 0 Å². The van der Waals surface area contributed by atoms with Gasteiger partial charge in [-0.3, -0.25) is 14.9 Å². The minimum Gasteiger partial charge on any atom is -0.391 e. The molecule has 0 saturated heterocycles. The van der Waals surface area contributed by atoms with Crippen LogP contribution in [0, 0.1) is 10.1 Å². The lowest BCUT2D eigenvalue weighted by Gasteiger charge is -2.17. The molecule has 0 saturated carbocycles. The van der Waals surface area contributed by atoms with Crippen LogP contribution in [0.5, 0.6) is 0 Å². The molecule has 2 atom stereocenters. The maximum absolute atomic E-state index is 10.8. The highest BCUT2D eigenvalue weighted by atomic mass is 32.2. The summed E-state index contributed by atoms with van der Waals surface area (Å²) in [7, 11) is 0. The van der Waals surface area contributed by atoms with Crippen LogP contribution in [0.3, 0.4) is 0 Å². The minimum atomic E-state index is -1.28. The van der Waals surface area contributed by atoms with Gasteiger partial charge in [-0.05, 0) is 17.7 Å². The zero-order valence-electron chi connectivity index (χ0n) is 10.7. The number of aliphatic hydroxyl groups excluding tert-OH is 3. The average molecular weight is 301 g/mol. The van der Waals surface area contributed by atoms with Crippen molar-refractivity contribution in [3.63, 3.8) is 0 Å². The Morgan fingerprint density at radius 3 is 2.60 bits per heavy atom. The van der Waals surface area contributed by atoms with Gasteiger partial charge in [0.2, 0.25) is 0 Å². The second kappa shape index (κ2) is 7.34. The monoisotopic (exact) mass is 301 g/mol. The molecule has 0 aliphatic heterocycles. The van der Waals surface area contributed by atoms with Crippen molar-refractivity contribution in [1.82, 2.24) is 0 Å².